The van der Waals surface area contributed by atoms with Crippen LogP contribution in [0, 0.1) is 14.9 Å². The fourth-order valence-corrected chi connectivity index (χ4v) is 1.15. The zero-order valence-corrected chi connectivity index (χ0v) is 8.45. The summed E-state index contributed by atoms with van der Waals surface area (Å²) in [5, 5.41) is 8.34. The van der Waals surface area contributed by atoms with E-state index in [0.717, 1.165) is 9.13 Å². The van der Waals surface area contributed by atoms with Gasteiger partial charge in [0, 0.05) is 15.3 Å². The lowest BCUT2D eigenvalue weighted by molar-refractivity contribution is 1.48. The molecule has 1 aromatic carbocycles. The van der Waals surface area contributed by atoms with Gasteiger partial charge in [0.05, 0.1) is 6.07 Å². The minimum Gasteiger partial charge on any atom is -0.398 e. The van der Waals surface area contributed by atoms with Crippen molar-refractivity contribution in [2.45, 2.75) is 0 Å². The summed E-state index contributed by atoms with van der Waals surface area (Å²) in [5.41, 5.74) is 6.99. The molecule has 2 nitrogen and oxygen atoms in total. The molecule has 0 fully saturated rings. The number of rotatable bonds is 1. The average molecular weight is 270 g/mol. The second-order valence-electron chi connectivity index (χ2n) is 2.24. The molecule has 0 bridgehead atoms. The molecule has 0 spiro atoms. The zero-order chi connectivity index (χ0) is 8.97. The minimum atomic E-state index is 0.508. The van der Waals surface area contributed by atoms with Crippen LogP contribution in [-0.2, 0) is 0 Å². The summed E-state index contributed by atoms with van der Waals surface area (Å²) in [4.78, 5) is 0. The predicted octanol–water partition coefficient (Wildman–Crippen LogP) is 2.11. The summed E-state index contributed by atoms with van der Waals surface area (Å²) >= 11 is 2.22. The van der Waals surface area contributed by atoms with Gasteiger partial charge in [-0.3, -0.25) is 0 Å². The van der Waals surface area contributed by atoms with E-state index in [-0.39, 0.29) is 0 Å². The van der Waals surface area contributed by atoms with Gasteiger partial charge in [0.2, 0.25) is 0 Å². The van der Waals surface area contributed by atoms with Gasteiger partial charge in [-0.15, -0.1) is 0 Å². The first-order chi connectivity index (χ1) is 5.74. The van der Waals surface area contributed by atoms with Crippen LogP contribution in [0.3, 0.4) is 0 Å². The molecule has 0 amide bonds. The number of nitriles is 1. The molecule has 0 aliphatic heterocycles. The van der Waals surface area contributed by atoms with Gasteiger partial charge in [-0.25, -0.2) is 0 Å². The van der Waals surface area contributed by atoms with Crippen molar-refractivity contribution in [3.63, 3.8) is 0 Å². The molecule has 0 aliphatic carbocycles. The quantitative estimate of drug-likeness (QED) is 0.627. The van der Waals surface area contributed by atoms with Crippen molar-refractivity contribution < 1.29 is 0 Å². The van der Waals surface area contributed by atoms with E-state index in [4.69, 9.17) is 11.0 Å². The third-order valence-electron chi connectivity index (χ3n) is 1.40. The number of nitrogens with two attached hydrogens (primary N) is 1. The summed E-state index contributed by atoms with van der Waals surface area (Å²) in [7, 11) is 0. The highest BCUT2D eigenvalue weighted by atomic mass is 127. The molecule has 60 valence electrons. The number of benzene rings is 1. The maximum atomic E-state index is 8.34. The Bertz CT molecular complexity index is 333. The number of allylic oxidation sites excluding steroid dienone is 1. The molecule has 0 heterocycles. The molecule has 0 unspecified atom stereocenters. The van der Waals surface area contributed by atoms with Crippen LogP contribution in [0.5, 0.6) is 0 Å². The Morgan fingerprint density at radius 3 is 2.50 bits per heavy atom. The Balaban J connectivity index is 2.99. The summed E-state index contributed by atoms with van der Waals surface area (Å²) in [6.45, 7) is 0. The lowest BCUT2D eigenvalue weighted by atomic mass is 10.1. The molecule has 0 radical (unpaired) electrons. The van der Waals surface area contributed by atoms with Crippen LogP contribution < -0.4 is 5.73 Å². The predicted molar refractivity (Wildman–Crippen MR) is 56.9 cm³/mol. The smallest absolute Gasteiger partial charge is 0.0933 e. The van der Waals surface area contributed by atoms with Crippen LogP contribution in [0.4, 0.5) is 0 Å². The number of halogens is 1. The van der Waals surface area contributed by atoms with Crippen molar-refractivity contribution in [1.82, 2.24) is 0 Å². The Morgan fingerprint density at radius 2 is 2.00 bits per heavy atom. The van der Waals surface area contributed by atoms with E-state index in [0.29, 0.717) is 5.70 Å². The van der Waals surface area contributed by atoms with Gasteiger partial charge in [-0.1, -0.05) is 12.1 Å². The molecule has 1 aromatic rings. The van der Waals surface area contributed by atoms with E-state index < -0.39 is 0 Å². The Kier molecular flexibility index (Phi) is 3.11. The highest BCUT2D eigenvalue weighted by Gasteiger charge is 1.94. The van der Waals surface area contributed by atoms with Gasteiger partial charge in [0.1, 0.15) is 0 Å². The maximum absolute atomic E-state index is 8.34. The van der Waals surface area contributed by atoms with Crippen molar-refractivity contribution in [3.8, 4) is 6.07 Å². The monoisotopic (exact) mass is 270 g/mol. The van der Waals surface area contributed by atoms with Crippen LogP contribution in [0.1, 0.15) is 5.56 Å². The molecule has 12 heavy (non-hydrogen) atoms. The first-order valence-corrected chi connectivity index (χ1v) is 4.43. The Morgan fingerprint density at radius 1 is 1.42 bits per heavy atom. The van der Waals surface area contributed by atoms with Crippen LogP contribution in [0.2, 0.25) is 0 Å². The average Bonchev–Trinajstić information content (AvgIpc) is 2.06. The molecule has 3 heteroatoms. The normalized spacial score (nSPS) is 10.8. The summed E-state index contributed by atoms with van der Waals surface area (Å²) in [6.07, 6.45) is 1.34. The fourth-order valence-electron chi connectivity index (χ4n) is 0.795. The highest BCUT2D eigenvalue weighted by molar-refractivity contribution is 14.1. The van der Waals surface area contributed by atoms with Crippen molar-refractivity contribution in [1.29, 1.82) is 5.26 Å². The van der Waals surface area contributed by atoms with Crippen LogP contribution in [0.15, 0.2) is 30.3 Å². The van der Waals surface area contributed by atoms with Gasteiger partial charge < -0.3 is 5.73 Å². The Hall–Kier alpha value is -1.02. The largest absolute Gasteiger partial charge is 0.398 e. The first kappa shape index (κ1) is 9.07. The zero-order valence-electron chi connectivity index (χ0n) is 6.29. The molecule has 0 saturated carbocycles. The van der Waals surface area contributed by atoms with Crippen LogP contribution >= 0.6 is 22.6 Å². The van der Waals surface area contributed by atoms with Crippen molar-refractivity contribution in [2.24, 2.45) is 5.73 Å². The summed E-state index contributed by atoms with van der Waals surface area (Å²) in [5.74, 6) is 0. The fraction of sp³-hybridized carbons (Fsp3) is 0. The highest BCUT2D eigenvalue weighted by Crippen LogP contribution is 2.11. The van der Waals surface area contributed by atoms with Gasteiger partial charge in [-0.05, 0) is 40.3 Å². The molecule has 1 rings (SSSR count). The van der Waals surface area contributed by atoms with E-state index in [9.17, 15) is 0 Å². The van der Waals surface area contributed by atoms with Crippen molar-refractivity contribution in [3.05, 3.63) is 39.5 Å². The molecular formula is C9H7IN2. The van der Waals surface area contributed by atoms with Crippen molar-refractivity contribution >= 4 is 28.3 Å². The summed E-state index contributed by atoms with van der Waals surface area (Å²) < 4.78 is 1.15. The van der Waals surface area contributed by atoms with Crippen molar-refractivity contribution in [2.75, 3.05) is 0 Å². The Labute approximate surface area is 84.8 Å². The van der Waals surface area contributed by atoms with Crippen LogP contribution in [0.25, 0.3) is 5.70 Å². The van der Waals surface area contributed by atoms with Gasteiger partial charge in [0.25, 0.3) is 0 Å². The number of hydrogen-bond acceptors (Lipinski definition) is 2. The van der Waals surface area contributed by atoms with E-state index in [1.165, 1.54) is 6.08 Å². The molecule has 0 atom stereocenters. The van der Waals surface area contributed by atoms with Gasteiger partial charge >= 0.3 is 0 Å². The molecule has 0 aromatic heterocycles. The lowest BCUT2D eigenvalue weighted by Gasteiger charge is -1.98. The van der Waals surface area contributed by atoms with Crippen LogP contribution in [-0.4, -0.2) is 0 Å². The van der Waals surface area contributed by atoms with Gasteiger partial charge in [-0.2, -0.15) is 5.26 Å². The van der Waals surface area contributed by atoms with E-state index in [2.05, 4.69) is 22.6 Å². The standard InChI is InChI=1S/C9H7IN2/c10-8-3-1-7(2-4-8)9(12)5-6-11/h1-5H,12H2/b9-5+. The SMILES string of the molecule is N#C/C=C(/N)c1ccc(I)cc1. The lowest BCUT2D eigenvalue weighted by Crippen LogP contribution is -1.95. The summed E-state index contributed by atoms with van der Waals surface area (Å²) in [6, 6.07) is 9.58. The number of nitrogens with zero attached hydrogens (tertiary/aromatic N) is 1. The number of hydrogen-bond donors (Lipinski definition) is 1. The third-order valence-corrected chi connectivity index (χ3v) is 2.12. The molecule has 0 aliphatic rings. The van der Waals surface area contributed by atoms with E-state index in [1.807, 2.05) is 30.3 Å². The topological polar surface area (TPSA) is 49.8 Å². The molecule has 2 N–H and O–H groups in total. The third kappa shape index (κ3) is 2.24. The van der Waals surface area contributed by atoms with E-state index in [1.54, 1.807) is 0 Å². The first-order valence-electron chi connectivity index (χ1n) is 3.35. The van der Waals surface area contributed by atoms with Gasteiger partial charge in [0.15, 0.2) is 0 Å². The molecular weight excluding hydrogens is 263 g/mol. The molecule has 0 saturated heterocycles. The minimum absolute atomic E-state index is 0.508. The second-order valence-corrected chi connectivity index (χ2v) is 3.48. The maximum Gasteiger partial charge on any atom is 0.0933 e. The van der Waals surface area contributed by atoms with E-state index >= 15 is 0 Å². The second kappa shape index (κ2) is 4.12.